The van der Waals surface area contributed by atoms with Crippen LogP contribution in [0, 0.1) is 13.0 Å². The molecule has 0 saturated carbocycles. The monoisotopic (exact) mass is 376 g/mol. The van der Waals surface area contributed by atoms with Gasteiger partial charge in [0.05, 0.1) is 5.56 Å². The first-order valence-corrected chi connectivity index (χ1v) is 4.90. The van der Waals surface area contributed by atoms with Gasteiger partial charge in [-0.2, -0.15) is 0 Å². The van der Waals surface area contributed by atoms with Gasteiger partial charge >= 0.3 is 0 Å². The molecule has 0 heterocycles. The summed E-state index contributed by atoms with van der Waals surface area (Å²) in [5.41, 5.74) is 0.120. The van der Waals surface area contributed by atoms with Crippen LogP contribution in [0.15, 0.2) is 12.1 Å². The average Bonchev–Trinajstić information content (AvgIpc) is 1.97. The number of hydrogen-bond acceptors (Lipinski definition) is 1. The normalized spacial score (nSPS) is 9.73. The van der Waals surface area contributed by atoms with Crippen LogP contribution in [-0.4, -0.2) is 6.29 Å². The molecule has 0 unspecified atom stereocenters. The number of aldehydes is 1. The summed E-state index contributed by atoms with van der Waals surface area (Å²) in [4.78, 5) is 10.2. The van der Waals surface area contributed by atoms with E-state index in [1.54, 1.807) is 0 Å². The van der Waals surface area contributed by atoms with Gasteiger partial charge in [-0.05, 0) is 57.3 Å². The predicted molar refractivity (Wildman–Crippen MR) is 57.2 cm³/mol. The molecule has 4 heteroatoms. The minimum atomic E-state index is -0.454. The Morgan fingerprint density at radius 3 is 2.36 bits per heavy atom. The molecule has 0 aliphatic heterocycles. The van der Waals surface area contributed by atoms with Crippen molar-refractivity contribution in [3.05, 3.63) is 30.7 Å². The first-order chi connectivity index (χ1) is 5.15. The second-order valence-corrected chi connectivity index (χ2v) is 4.23. The third-order valence-electron chi connectivity index (χ3n) is 1.17. The summed E-state index contributed by atoms with van der Waals surface area (Å²) >= 11 is 4.08. The molecular weight excluding hydrogens is 373 g/mol. The zero-order chi connectivity index (χ0) is 8.43. The van der Waals surface area contributed by atoms with E-state index < -0.39 is 5.82 Å². The number of benzene rings is 1. The zero-order valence-corrected chi connectivity index (χ0v) is 9.59. The predicted octanol–water partition coefficient (Wildman–Crippen LogP) is 2.85. The molecule has 0 amide bonds. The summed E-state index contributed by atoms with van der Waals surface area (Å²) in [6.07, 6.45) is 0.521. The van der Waals surface area contributed by atoms with Crippen LogP contribution in [0.5, 0.6) is 0 Å². The second kappa shape index (κ2) is 3.79. The van der Waals surface area contributed by atoms with E-state index >= 15 is 0 Å². The third kappa shape index (κ3) is 2.11. The van der Waals surface area contributed by atoms with E-state index in [0.29, 0.717) is 6.29 Å². The van der Waals surface area contributed by atoms with E-state index in [4.69, 9.17) is 0 Å². The molecule has 0 aromatic heterocycles. The number of carbonyl (C=O) groups is 1. The van der Waals surface area contributed by atoms with E-state index in [-0.39, 0.29) is 5.56 Å². The molecule has 0 aliphatic rings. The van der Waals surface area contributed by atoms with Gasteiger partial charge in [0, 0.05) is 7.14 Å². The Kier molecular flexibility index (Phi) is 3.23. The second-order valence-electron chi connectivity index (χ2n) is 1.91. The van der Waals surface area contributed by atoms with E-state index in [2.05, 4.69) is 22.6 Å². The first kappa shape index (κ1) is 9.37. The lowest BCUT2D eigenvalue weighted by Crippen LogP contribution is -1.91. The van der Waals surface area contributed by atoms with Crippen LogP contribution in [0.1, 0.15) is 10.4 Å². The summed E-state index contributed by atoms with van der Waals surface area (Å²) in [5, 5.41) is 0. The van der Waals surface area contributed by atoms with Gasteiger partial charge in [0.15, 0.2) is 6.29 Å². The van der Waals surface area contributed by atoms with E-state index in [0.717, 1.165) is 7.14 Å². The highest BCUT2D eigenvalue weighted by Gasteiger charge is 2.04. The molecule has 1 nitrogen and oxygen atoms in total. The molecule has 1 aromatic rings. The third-order valence-corrected chi connectivity index (χ3v) is 3.98. The summed E-state index contributed by atoms with van der Waals surface area (Å²) in [5.74, 6) is -0.454. The fourth-order valence-electron chi connectivity index (χ4n) is 0.628. The molecule has 0 aliphatic carbocycles. The molecule has 1 aromatic carbocycles. The molecule has 0 saturated heterocycles. The van der Waals surface area contributed by atoms with Crippen LogP contribution in [0.3, 0.4) is 0 Å². The van der Waals surface area contributed by atoms with Crippen LogP contribution >= 0.6 is 45.2 Å². The van der Waals surface area contributed by atoms with Gasteiger partial charge in [-0.3, -0.25) is 4.79 Å². The van der Waals surface area contributed by atoms with Crippen LogP contribution < -0.4 is 0 Å². The smallest absolute Gasteiger partial charge is 0.153 e. The van der Waals surface area contributed by atoms with Crippen molar-refractivity contribution in [3.8, 4) is 0 Å². The van der Waals surface area contributed by atoms with Crippen LogP contribution in [-0.2, 0) is 0 Å². The molecule has 1 rings (SSSR count). The van der Waals surface area contributed by atoms with Crippen molar-refractivity contribution in [2.45, 2.75) is 0 Å². The zero-order valence-electron chi connectivity index (χ0n) is 5.27. The standard InChI is InChI=1S/C7H3FI2O/c8-5-2-7(10)6(9)1-4(5)3-11/h1-3H. The summed E-state index contributed by atoms with van der Waals surface area (Å²) < 4.78 is 14.5. The number of halogens is 3. The van der Waals surface area contributed by atoms with Crippen LogP contribution in [0.25, 0.3) is 0 Å². The molecule has 58 valence electrons. The van der Waals surface area contributed by atoms with Crippen molar-refractivity contribution in [1.82, 2.24) is 0 Å². The fraction of sp³-hybridized carbons (Fsp3) is 0. The molecule has 0 N–H and O–H groups in total. The molecule has 11 heavy (non-hydrogen) atoms. The molecule has 0 spiro atoms. The lowest BCUT2D eigenvalue weighted by atomic mass is 10.2. The quantitative estimate of drug-likeness (QED) is 0.419. The van der Waals surface area contributed by atoms with Gasteiger partial charge in [-0.1, -0.05) is 0 Å². The molecule has 0 radical (unpaired) electrons. The van der Waals surface area contributed by atoms with E-state index in [1.807, 2.05) is 22.6 Å². The molecular formula is C7H3FI2O. The Hall–Kier alpha value is 0.280. The van der Waals surface area contributed by atoms with Gasteiger partial charge in [0.1, 0.15) is 5.82 Å². The Morgan fingerprint density at radius 2 is 1.82 bits per heavy atom. The van der Waals surface area contributed by atoms with Gasteiger partial charge in [-0.25, -0.2) is 4.39 Å². The number of carbonyl (C=O) groups excluding carboxylic acids is 1. The van der Waals surface area contributed by atoms with E-state index in [9.17, 15) is 9.18 Å². The van der Waals surface area contributed by atoms with Crippen molar-refractivity contribution in [3.63, 3.8) is 0 Å². The van der Waals surface area contributed by atoms with Crippen LogP contribution in [0.2, 0.25) is 0 Å². The largest absolute Gasteiger partial charge is 0.298 e. The van der Waals surface area contributed by atoms with Gasteiger partial charge in [-0.15, -0.1) is 0 Å². The maximum absolute atomic E-state index is 12.8. The van der Waals surface area contributed by atoms with Crippen molar-refractivity contribution in [2.75, 3.05) is 0 Å². The highest BCUT2D eigenvalue weighted by Crippen LogP contribution is 2.18. The topological polar surface area (TPSA) is 17.1 Å². The Labute approximate surface area is 90.6 Å². The number of rotatable bonds is 1. The van der Waals surface area contributed by atoms with Gasteiger partial charge in [0.25, 0.3) is 0 Å². The Morgan fingerprint density at radius 1 is 1.27 bits per heavy atom. The van der Waals surface area contributed by atoms with E-state index in [1.165, 1.54) is 12.1 Å². The van der Waals surface area contributed by atoms with Crippen molar-refractivity contribution in [2.24, 2.45) is 0 Å². The Balaban J connectivity index is 3.31. The molecule has 0 atom stereocenters. The minimum absolute atomic E-state index is 0.120. The highest BCUT2D eigenvalue weighted by atomic mass is 127. The fourth-order valence-corrected chi connectivity index (χ4v) is 1.55. The van der Waals surface area contributed by atoms with Gasteiger partial charge in [0.2, 0.25) is 0 Å². The lowest BCUT2D eigenvalue weighted by Gasteiger charge is -1.97. The van der Waals surface area contributed by atoms with Crippen molar-refractivity contribution >= 4 is 51.5 Å². The maximum Gasteiger partial charge on any atom is 0.153 e. The first-order valence-electron chi connectivity index (χ1n) is 2.75. The summed E-state index contributed by atoms with van der Waals surface area (Å²) in [7, 11) is 0. The lowest BCUT2D eigenvalue weighted by molar-refractivity contribution is 0.111. The van der Waals surface area contributed by atoms with Crippen LogP contribution in [0.4, 0.5) is 4.39 Å². The van der Waals surface area contributed by atoms with Crippen molar-refractivity contribution < 1.29 is 9.18 Å². The minimum Gasteiger partial charge on any atom is -0.298 e. The highest BCUT2D eigenvalue weighted by molar-refractivity contribution is 14.1. The maximum atomic E-state index is 12.8. The number of hydrogen-bond donors (Lipinski definition) is 0. The average molecular weight is 376 g/mol. The summed E-state index contributed by atoms with van der Waals surface area (Å²) in [6.45, 7) is 0. The van der Waals surface area contributed by atoms with Gasteiger partial charge < -0.3 is 0 Å². The SMILES string of the molecule is O=Cc1cc(I)c(I)cc1F. The summed E-state index contributed by atoms with van der Waals surface area (Å²) in [6, 6.07) is 2.89. The Bertz CT molecular complexity index is 299. The van der Waals surface area contributed by atoms with Crippen molar-refractivity contribution in [1.29, 1.82) is 0 Å². The molecule has 0 fully saturated rings. The molecule has 0 bridgehead atoms.